The zero-order valence-electron chi connectivity index (χ0n) is 10.6. The molecule has 0 saturated carbocycles. The Labute approximate surface area is 112 Å². The van der Waals surface area contributed by atoms with E-state index in [0.717, 1.165) is 18.0 Å². The van der Waals surface area contributed by atoms with Crippen LogP contribution in [0.25, 0.3) is 0 Å². The number of rotatable bonds is 7. The summed E-state index contributed by atoms with van der Waals surface area (Å²) in [7, 11) is -3.40. The largest absolute Gasteiger partial charge is 0.395 e. The predicted octanol–water partition coefficient (Wildman–Crippen LogP) is 0.728. The lowest BCUT2D eigenvalue weighted by Gasteiger charge is -2.22. The quantitative estimate of drug-likeness (QED) is 0.769. The molecule has 1 rings (SSSR count). The Balaban J connectivity index is 3.24. The van der Waals surface area contributed by atoms with Crippen LogP contribution in [-0.4, -0.2) is 43.3 Å². The molecule has 18 heavy (non-hydrogen) atoms. The van der Waals surface area contributed by atoms with Crippen molar-refractivity contribution in [2.24, 2.45) is 0 Å². The molecule has 0 atom stereocenters. The van der Waals surface area contributed by atoms with Crippen molar-refractivity contribution in [3.8, 4) is 0 Å². The second-order valence-electron chi connectivity index (χ2n) is 3.82. The first kappa shape index (κ1) is 15.2. The number of hydrogen-bond acceptors (Lipinski definition) is 7. The van der Waals surface area contributed by atoms with Crippen LogP contribution in [0.15, 0.2) is 4.90 Å². The summed E-state index contributed by atoms with van der Waals surface area (Å²) in [5, 5.41) is 9.58. The lowest BCUT2D eigenvalue weighted by Crippen LogP contribution is -2.28. The van der Waals surface area contributed by atoms with Crippen molar-refractivity contribution in [2.75, 3.05) is 36.1 Å². The van der Waals surface area contributed by atoms with Gasteiger partial charge in [-0.25, -0.2) is 8.42 Å². The van der Waals surface area contributed by atoms with Crippen LogP contribution >= 0.6 is 11.5 Å². The molecule has 8 heteroatoms. The van der Waals surface area contributed by atoms with Crippen molar-refractivity contribution in [3.63, 3.8) is 0 Å². The van der Waals surface area contributed by atoms with E-state index in [1.54, 1.807) is 6.92 Å². The van der Waals surface area contributed by atoms with Gasteiger partial charge in [-0.2, -0.15) is 4.37 Å². The Kier molecular flexibility index (Phi) is 5.36. The van der Waals surface area contributed by atoms with Gasteiger partial charge in [-0.05, 0) is 18.0 Å². The Morgan fingerprint density at radius 1 is 1.39 bits per heavy atom. The van der Waals surface area contributed by atoms with Crippen LogP contribution in [0.2, 0.25) is 0 Å². The molecule has 0 spiro atoms. The SMILES string of the molecule is CCCN(CCO)c1snc(N)c1S(=O)(=O)CC. The zero-order valence-corrected chi connectivity index (χ0v) is 12.2. The average Bonchev–Trinajstić information content (AvgIpc) is 2.71. The molecule has 0 amide bonds. The number of nitrogen functional groups attached to an aromatic ring is 1. The first-order valence-corrected chi connectivity index (χ1v) is 8.24. The molecule has 0 radical (unpaired) electrons. The van der Waals surface area contributed by atoms with E-state index in [9.17, 15) is 8.42 Å². The van der Waals surface area contributed by atoms with Crippen molar-refractivity contribution >= 4 is 32.2 Å². The molecule has 0 aliphatic rings. The van der Waals surface area contributed by atoms with E-state index < -0.39 is 9.84 Å². The molecular formula is C10H19N3O3S2. The van der Waals surface area contributed by atoms with E-state index in [2.05, 4.69) is 4.37 Å². The van der Waals surface area contributed by atoms with Gasteiger partial charge in [0.2, 0.25) is 0 Å². The summed E-state index contributed by atoms with van der Waals surface area (Å²) < 4.78 is 28.0. The minimum Gasteiger partial charge on any atom is -0.395 e. The third kappa shape index (κ3) is 3.12. The third-order valence-electron chi connectivity index (χ3n) is 2.50. The summed E-state index contributed by atoms with van der Waals surface area (Å²) >= 11 is 1.07. The molecule has 0 aromatic carbocycles. The maximum Gasteiger partial charge on any atom is 0.184 e. The maximum absolute atomic E-state index is 12.0. The van der Waals surface area contributed by atoms with Crippen LogP contribution in [0, 0.1) is 0 Å². The molecule has 3 N–H and O–H groups in total. The second kappa shape index (κ2) is 6.35. The summed E-state index contributed by atoms with van der Waals surface area (Å²) in [5.74, 6) is 0.0396. The van der Waals surface area contributed by atoms with E-state index in [0.29, 0.717) is 18.1 Å². The van der Waals surface area contributed by atoms with Crippen LogP contribution in [0.4, 0.5) is 10.8 Å². The molecule has 6 nitrogen and oxygen atoms in total. The number of aliphatic hydroxyl groups is 1. The van der Waals surface area contributed by atoms with Crippen LogP contribution in [-0.2, 0) is 9.84 Å². The number of hydrogen-bond donors (Lipinski definition) is 2. The van der Waals surface area contributed by atoms with E-state index in [1.165, 1.54) is 0 Å². The van der Waals surface area contributed by atoms with Crippen molar-refractivity contribution in [3.05, 3.63) is 0 Å². The fourth-order valence-electron chi connectivity index (χ4n) is 1.63. The average molecular weight is 293 g/mol. The highest BCUT2D eigenvalue weighted by Gasteiger charge is 2.26. The molecule has 0 saturated heterocycles. The molecule has 104 valence electrons. The number of nitrogens with zero attached hydrogens (tertiary/aromatic N) is 2. The summed E-state index contributed by atoms with van der Waals surface area (Å²) in [4.78, 5) is 1.92. The zero-order chi connectivity index (χ0) is 13.8. The van der Waals surface area contributed by atoms with Gasteiger partial charge in [0.15, 0.2) is 15.7 Å². The highest BCUT2D eigenvalue weighted by molar-refractivity contribution is 7.91. The second-order valence-corrected chi connectivity index (χ2v) is 6.78. The minimum absolute atomic E-state index is 0.0122. The van der Waals surface area contributed by atoms with Gasteiger partial charge in [-0.15, -0.1) is 0 Å². The molecule has 0 unspecified atom stereocenters. The van der Waals surface area contributed by atoms with Crippen molar-refractivity contribution in [1.82, 2.24) is 4.37 Å². The topological polar surface area (TPSA) is 96.5 Å². The molecule has 0 fully saturated rings. The van der Waals surface area contributed by atoms with Gasteiger partial charge >= 0.3 is 0 Å². The predicted molar refractivity (Wildman–Crippen MR) is 73.8 cm³/mol. The first-order chi connectivity index (χ1) is 8.47. The highest BCUT2D eigenvalue weighted by Crippen LogP contribution is 2.35. The van der Waals surface area contributed by atoms with Crippen LogP contribution < -0.4 is 10.6 Å². The van der Waals surface area contributed by atoms with E-state index in [1.807, 2.05) is 11.8 Å². The maximum atomic E-state index is 12.0. The normalized spacial score (nSPS) is 11.7. The Bertz CT molecular complexity index is 479. The number of anilines is 2. The van der Waals surface area contributed by atoms with E-state index in [4.69, 9.17) is 10.8 Å². The molecule has 1 heterocycles. The molecule has 0 bridgehead atoms. The minimum atomic E-state index is -3.40. The smallest absolute Gasteiger partial charge is 0.184 e. The molecular weight excluding hydrogens is 274 g/mol. The van der Waals surface area contributed by atoms with Gasteiger partial charge < -0.3 is 15.7 Å². The molecule has 0 aliphatic carbocycles. The number of aliphatic hydroxyl groups excluding tert-OH is 1. The number of sulfone groups is 1. The van der Waals surface area contributed by atoms with Crippen LogP contribution in [0.3, 0.4) is 0 Å². The third-order valence-corrected chi connectivity index (χ3v) is 5.34. The summed E-state index contributed by atoms with van der Waals surface area (Å²) in [6, 6.07) is 0. The standard InChI is InChI=1S/C10H19N3O3S2/c1-3-5-13(6-7-14)10-8(9(11)12-17-10)18(15,16)4-2/h14H,3-7H2,1-2H3,(H2,11,12). The van der Waals surface area contributed by atoms with Gasteiger partial charge in [0.05, 0.1) is 12.4 Å². The van der Waals surface area contributed by atoms with E-state index in [-0.39, 0.29) is 23.1 Å². The van der Waals surface area contributed by atoms with Gasteiger partial charge in [-0.3, -0.25) is 0 Å². The lowest BCUT2D eigenvalue weighted by atomic mass is 10.4. The molecule has 0 aliphatic heterocycles. The summed E-state index contributed by atoms with van der Waals surface area (Å²) in [6.07, 6.45) is 0.851. The lowest BCUT2D eigenvalue weighted by molar-refractivity contribution is 0.302. The van der Waals surface area contributed by atoms with Gasteiger partial charge in [0.25, 0.3) is 0 Å². The first-order valence-electron chi connectivity index (χ1n) is 5.81. The molecule has 1 aromatic heterocycles. The van der Waals surface area contributed by atoms with Crippen LogP contribution in [0.1, 0.15) is 20.3 Å². The molecule has 1 aromatic rings. The summed E-state index contributed by atoms with van der Waals surface area (Å²) in [5.41, 5.74) is 5.66. The van der Waals surface area contributed by atoms with Crippen molar-refractivity contribution in [1.29, 1.82) is 0 Å². The highest BCUT2D eigenvalue weighted by atomic mass is 32.2. The van der Waals surface area contributed by atoms with Gasteiger partial charge in [0.1, 0.15) is 9.90 Å². The van der Waals surface area contributed by atoms with Crippen molar-refractivity contribution in [2.45, 2.75) is 25.2 Å². The van der Waals surface area contributed by atoms with Gasteiger partial charge in [0, 0.05) is 13.1 Å². The Hall–Kier alpha value is -0.860. The fraction of sp³-hybridized carbons (Fsp3) is 0.700. The fourth-order valence-corrected chi connectivity index (χ4v) is 3.99. The van der Waals surface area contributed by atoms with Crippen LogP contribution in [0.5, 0.6) is 0 Å². The Morgan fingerprint density at radius 2 is 2.06 bits per heavy atom. The Morgan fingerprint density at radius 3 is 2.56 bits per heavy atom. The van der Waals surface area contributed by atoms with Crippen molar-refractivity contribution < 1.29 is 13.5 Å². The number of aromatic nitrogens is 1. The van der Waals surface area contributed by atoms with Gasteiger partial charge in [-0.1, -0.05) is 13.8 Å². The van der Waals surface area contributed by atoms with E-state index >= 15 is 0 Å². The summed E-state index contributed by atoms with van der Waals surface area (Å²) in [6.45, 7) is 4.56. The number of nitrogens with two attached hydrogens (primary N) is 1. The monoisotopic (exact) mass is 293 g/mol.